The van der Waals surface area contributed by atoms with Crippen LogP contribution in [0.4, 0.5) is 5.69 Å². The van der Waals surface area contributed by atoms with E-state index in [4.69, 9.17) is 20.3 Å². The van der Waals surface area contributed by atoms with E-state index in [-0.39, 0.29) is 35.5 Å². The number of nitrogens with zero attached hydrogens (tertiary/aromatic N) is 8. The minimum Gasteiger partial charge on any atom is -0.309 e. The van der Waals surface area contributed by atoms with E-state index < -0.39 is 36.3 Å². The van der Waals surface area contributed by atoms with Crippen molar-refractivity contribution >= 4 is 158 Å². The van der Waals surface area contributed by atoms with Crippen LogP contribution >= 0.6 is 0 Å². The van der Waals surface area contributed by atoms with Gasteiger partial charge in [-0.1, -0.05) is 315 Å². The van der Waals surface area contributed by atoms with E-state index >= 15 is 0 Å². The fourth-order valence-electron chi connectivity index (χ4n) is 22.0. The molecule has 670 valence electrons. The number of nitriles is 1. The van der Waals surface area contributed by atoms with Crippen LogP contribution in [0.1, 0.15) is 19.3 Å². The molecule has 0 atom stereocenters. The van der Waals surface area contributed by atoms with E-state index in [9.17, 15) is 5.26 Å². The summed E-state index contributed by atoms with van der Waals surface area (Å²) >= 11 is 0. The maximum Gasteiger partial charge on any atom is 0.188 e. The number of aromatic nitrogens is 6. The lowest BCUT2D eigenvalue weighted by Crippen LogP contribution is -1.96. The number of hydrogen-bond donors (Lipinski definition) is 0. The SMILES string of the molecule is [2H]c1c([2H])c([2H])c(-n2c3ccccc3c3cc(-c4ccc5c(c4)c4ccccc4n5-c4c([2H])c([2H])c([2H])c([2H])c4[2H])ccc32)c([2H])c1[2H].[C-]#[N+]c1ccc2c(c1)c1cc(-c3ccc4c(c3)c3cc(C#N)ccc3n4-c3ccccc3)ccc1n2-c1cc(-c2ccccc2)cc(-c2ccccc2)c1.c1ccc(-c2cccc(-n3c4ccc(-c5ccc6c(c5)c5c7ccccc7ccc5n6-c5ccccc5)cc4c4c5ccccc5ccc43)c2)cc1. The molecule has 0 fully saturated rings. The van der Waals surface area contributed by atoms with E-state index in [0.29, 0.717) is 33.3 Å². The van der Waals surface area contributed by atoms with Crippen molar-refractivity contribution in [3.63, 3.8) is 0 Å². The quantitative estimate of drug-likeness (QED) is 0.112. The van der Waals surface area contributed by atoms with Crippen molar-refractivity contribution < 1.29 is 13.7 Å². The molecule has 23 aromatic carbocycles. The molecule has 0 saturated heterocycles. The zero-order valence-corrected chi connectivity index (χ0v) is 77.5. The number of para-hydroxylation sites is 6. The number of benzene rings is 23. The van der Waals surface area contributed by atoms with Crippen molar-refractivity contribution in [2.75, 3.05) is 0 Å². The Balaban J connectivity index is 0.000000113. The maximum atomic E-state index is 9.80. The summed E-state index contributed by atoms with van der Waals surface area (Å²) in [6.45, 7) is 7.85. The second-order valence-electron chi connectivity index (χ2n) is 36.5. The van der Waals surface area contributed by atoms with Crippen LogP contribution in [0.5, 0.6) is 0 Å². The first-order valence-corrected chi connectivity index (χ1v) is 48.1. The van der Waals surface area contributed by atoms with Gasteiger partial charge in [-0.3, -0.25) is 0 Å². The highest BCUT2D eigenvalue weighted by Gasteiger charge is 2.25. The van der Waals surface area contributed by atoms with Crippen LogP contribution in [0.3, 0.4) is 0 Å². The summed E-state index contributed by atoms with van der Waals surface area (Å²) in [6, 6.07) is 160. The van der Waals surface area contributed by atoms with Crippen molar-refractivity contribution in [3.8, 4) is 107 Å². The second-order valence-corrected chi connectivity index (χ2v) is 36.5. The average molecular weight is 1840 g/mol. The zero-order valence-electron chi connectivity index (χ0n) is 87.5. The van der Waals surface area contributed by atoms with Crippen molar-refractivity contribution in [2.24, 2.45) is 0 Å². The molecule has 0 bridgehead atoms. The highest BCUT2D eigenvalue weighted by atomic mass is 15.0. The molecule has 0 saturated carbocycles. The van der Waals surface area contributed by atoms with Gasteiger partial charge in [0.1, 0.15) is 0 Å². The Labute approximate surface area is 844 Å². The molecular weight excluding hydrogens is 1750 g/mol. The molecule has 0 amide bonds. The molecule has 0 spiro atoms. The van der Waals surface area contributed by atoms with Crippen LogP contribution < -0.4 is 0 Å². The maximum absolute atomic E-state index is 9.80. The third-order valence-corrected chi connectivity index (χ3v) is 28.5. The highest BCUT2D eigenvalue weighted by molar-refractivity contribution is 6.25. The number of hydrogen-bond acceptors (Lipinski definition) is 1. The van der Waals surface area contributed by atoms with E-state index in [1.807, 2.05) is 133 Å². The normalized spacial score (nSPS) is 12.6. The lowest BCUT2D eigenvalue weighted by Gasteiger charge is -2.14. The molecule has 29 aromatic rings. The monoisotopic (exact) mass is 1840 g/mol. The third kappa shape index (κ3) is 14.2. The van der Waals surface area contributed by atoms with Crippen LogP contribution in [-0.4, -0.2) is 27.4 Å². The molecule has 0 aliphatic carbocycles. The fourth-order valence-corrected chi connectivity index (χ4v) is 22.0. The second kappa shape index (κ2) is 34.8. The Morgan fingerprint density at radius 2 is 0.472 bits per heavy atom. The molecule has 0 radical (unpaired) electrons. The molecule has 6 heterocycles. The lowest BCUT2D eigenvalue weighted by atomic mass is 9.98. The first-order chi connectivity index (χ1) is 75.5. The number of rotatable bonds is 12. The Morgan fingerprint density at radius 1 is 0.188 bits per heavy atom. The molecule has 8 heteroatoms. The van der Waals surface area contributed by atoms with Crippen LogP contribution in [0.15, 0.2) is 521 Å². The topological polar surface area (TPSA) is 57.7 Å². The van der Waals surface area contributed by atoms with E-state index in [2.05, 4.69) is 357 Å². The first-order valence-electron chi connectivity index (χ1n) is 53.1. The van der Waals surface area contributed by atoms with Crippen molar-refractivity contribution in [3.05, 3.63) is 538 Å². The largest absolute Gasteiger partial charge is 0.309 e. The summed E-state index contributed by atoms with van der Waals surface area (Å²) < 4.78 is 96.7. The highest BCUT2D eigenvalue weighted by Crippen LogP contribution is 2.48. The Morgan fingerprint density at radius 3 is 0.903 bits per heavy atom. The van der Waals surface area contributed by atoms with Gasteiger partial charge >= 0.3 is 0 Å². The third-order valence-electron chi connectivity index (χ3n) is 28.5. The fraction of sp³-hybridized carbons (Fsp3) is 0. The van der Waals surface area contributed by atoms with Crippen LogP contribution in [0.25, 0.3) is 258 Å². The minimum absolute atomic E-state index is 0.0850. The van der Waals surface area contributed by atoms with Gasteiger partial charge in [0.05, 0.1) is 98.1 Å². The Hall–Kier alpha value is -19.6. The Bertz CT molecular complexity index is 10700. The summed E-state index contributed by atoms with van der Waals surface area (Å²) in [5, 5.41) is 27.6. The predicted octanol–water partition coefficient (Wildman–Crippen LogP) is 36.4. The van der Waals surface area contributed by atoms with Crippen LogP contribution in [-0.2, 0) is 0 Å². The minimum atomic E-state index is -0.444. The molecule has 144 heavy (non-hydrogen) atoms. The summed E-state index contributed by atoms with van der Waals surface area (Å²) in [6.07, 6.45) is 0. The summed E-state index contributed by atoms with van der Waals surface area (Å²) in [5.74, 6) is 0. The lowest BCUT2D eigenvalue weighted by molar-refractivity contribution is 1.18. The standard InChI is InChI=1S/C50H30N4.C50H32N2.C36H24N2/c1-52-40-20-24-50-46(31-40)45-30-37(36-18-22-48-44(29-36)43-25-33(32-51)17-21-47(43)53(48)41-15-9-4-10-16-41)19-23-49(45)54(50)42-27-38(34-11-5-2-6-12-34)26-39(28-42)35-13-7-3-8-14-35;1-3-12-33(13-4-1)36-16-11-19-40(30-36)52-46-27-25-38(32-44(46)50-42-21-10-8-15-35(42)23-29-48(50)52)37-24-26-45-43(31-37)49-41-20-9-7-14-34(41)22-28-47(49)51(45)39-17-5-2-6-18-39;1-3-11-27(12-4-1)37-33-17-9-7-15-29(33)31-23-25(19-21-35(31)37)26-20-22-36-32(24-26)30-16-8-10-18-34(30)38(36)28-13-5-2-6-14-28/h2-31H;1-32H;1-24H/i;;1D,2D,3D,4D,5D,6D,11D,12D,13D,14D. The number of fused-ring (bicyclic) bond motifs is 22. The predicted molar refractivity (Wildman–Crippen MR) is 604 cm³/mol. The molecule has 0 aliphatic heterocycles. The van der Waals surface area contributed by atoms with Gasteiger partial charge in [0.2, 0.25) is 0 Å². The smallest absolute Gasteiger partial charge is 0.188 e. The van der Waals surface area contributed by atoms with E-state index in [1.165, 1.54) is 93.1 Å². The van der Waals surface area contributed by atoms with Gasteiger partial charge < -0.3 is 27.4 Å². The van der Waals surface area contributed by atoms with E-state index in [0.717, 1.165) is 127 Å². The molecule has 0 N–H and O–H groups in total. The zero-order chi connectivity index (χ0) is 104. The molecular formula is C136H86N8. The van der Waals surface area contributed by atoms with Gasteiger partial charge in [-0.2, -0.15) is 5.26 Å². The van der Waals surface area contributed by atoms with Gasteiger partial charge in [0, 0.05) is 93.4 Å². The van der Waals surface area contributed by atoms with E-state index in [1.54, 1.807) is 9.13 Å². The van der Waals surface area contributed by atoms with Gasteiger partial charge in [-0.15, -0.1) is 0 Å². The summed E-state index contributed by atoms with van der Waals surface area (Å²) in [5.41, 5.74) is 31.1. The summed E-state index contributed by atoms with van der Waals surface area (Å²) in [4.78, 5) is 3.82. The average Bonchev–Trinajstić information content (AvgIpc) is 1.56. The van der Waals surface area contributed by atoms with Crippen molar-refractivity contribution in [1.29, 1.82) is 5.26 Å². The molecule has 8 nitrogen and oxygen atoms in total. The van der Waals surface area contributed by atoms with Crippen molar-refractivity contribution in [1.82, 2.24) is 27.4 Å². The van der Waals surface area contributed by atoms with Gasteiger partial charge in [0.25, 0.3) is 0 Å². The first kappa shape index (κ1) is 73.6. The molecule has 0 unspecified atom stereocenters. The van der Waals surface area contributed by atoms with Gasteiger partial charge in [-0.25, -0.2) is 4.85 Å². The van der Waals surface area contributed by atoms with Gasteiger partial charge in [0.15, 0.2) is 5.69 Å². The summed E-state index contributed by atoms with van der Waals surface area (Å²) in [7, 11) is 0. The molecule has 29 rings (SSSR count). The molecule has 0 aliphatic rings. The molecule has 6 aromatic heterocycles. The van der Waals surface area contributed by atoms with Gasteiger partial charge in [-0.05, 0) is 300 Å². The van der Waals surface area contributed by atoms with Crippen LogP contribution in [0.2, 0.25) is 0 Å². The van der Waals surface area contributed by atoms with Crippen LogP contribution in [0, 0.1) is 17.9 Å². The van der Waals surface area contributed by atoms with Crippen molar-refractivity contribution in [2.45, 2.75) is 0 Å². The Kier molecular flexibility index (Phi) is 17.8.